The van der Waals surface area contributed by atoms with E-state index < -0.39 is 19.5 Å². The number of carbonyl (C=O) groups excluding carboxylic acids is 1. The predicted octanol–water partition coefficient (Wildman–Crippen LogP) is 1.31. The molecule has 0 amide bonds. The van der Waals surface area contributed by atoms with Crippen LogP contribution in [0.5, 0.6) is 0 Å². The maximum absolute atomic E-state index is 11.1. The van der Waals surface area contributed by atoms with E-state index in [0.29, 0.717) is 0 Å². The van der Waals surface area contributed by atoms with E-state index in [-0.39, 0.29) is 0 Å². The Morgan fingerprint density at radius 1 is 1.21 bits per heavy atom. The van der Waals surface area contributed by atoms with Crippen LogP contribution in [-0.2, 0) is 9.22 Å². The minimum Gasteiger partial charge on any atom is -0.517 e. The number of benzene rings is 1. The molecule has 0 bridgehead atoms. The molecule has 0 heterocycles. The first-order valence-corrected chi connectivity index (χ1v) is 6.20. The van der Waals surface area contributed by atoms with Gasteiger partial charge in [0, 0.05) is 0 Å². The van der Waals surface area contributed by atoms with E-state index in [9.17, 15) is 4.79 Å². The first-order valence-electron chi connectivity index (χ1n) is 3.78. The van der Waals surface area contributed by atoms with Crippen LogP contribution in [0.15, 0.2) is 30.3 Å². The van der Waals surface area contributed by atoms with Gasteiger partial charge in [-0.3, -0.25) is 0 Å². The van der Waals surface area contributed by atoms with Crippen molar-refractivity contribution in [3.63, 3.8) is 0 Å². The second kappa shape index (κ2) is 5.03. The fourth-order valence-corrected chi connectivity index (χ4v) is 2.22. The van der Waals surface area contributed by atoms with E-state index in [4.69, 9.17) is 39.2 Å². The highest BCUT2D eigenvalue weighted by Gasteiger charge is 2.32. The van der Waals surface area contributed by atoms with Gasteiger partial charge in [-0.05, 0) is 5.19 Å². The highest BCUT2D eigenvalue weighted by atomic mass is 35.6. The van der Waals surface area contributed by atoms with Gasteiger partial charge in [0.1, 0.15) is 0 Å². The zero-order valence-electron chi connectivity index (χ0n) is 7.04. The highest BCUT2D eigenvalue weighted by molar-refractivity contribution is 6.76. The van der Waals surface area contributed by atoms with Gasteiger partial charge in [-0.1, -0.05) is 65.1 Å². The third-order valence-corrected chi connectivity index (χ3v) is 3.12. The highest BCUT2D eigenvalue weighted by Crippen LogP contribution is 2.26. The molecule has 0 atom stereocenters. The lowest BCUT2D eigenvalue weighted by atomic mass is 10.4. The number of hydrogen-bond acceptors (Lipinski definition) is 2. The molecule has 0 saturated carbocycles. The van der Waals surface area contributed by atoms with Crippen LogP contribution in [-0.4, -0.2) is 19.5 Å². The third kappa shape index (κ3) is 3.88. The van der Waals surface area contributed by atoms with Crippen molar-refractivity contribution in [3.05, 3.63) is 30.3 Å². The molecule has 0 saturated heterocycles. The Balaban J connectivity index is 2.46. The van der Waals surface area contributed by atoms with Gasteiger partial charge in [0.2, 0.25) is 0 Å². The SMILES string of the molecule is O=C(O[SiH2]c1ccccc1)C(Cl)(Cl)Cl. The Morgan fingerprint density at radius 2 is 1.79 bits per heavy atom. The molecule has 0 aliphatic rings. The van der Waals surface area contributed by atoms with Crippen LogP contribution < -0.4 is 5.19 Å². The molecule has 6 heteroatoms. The summed E-state index contributed by atoms with van der Waals surface area (Å²) in [5, 5.41) is 0.982. The molecule has 2 nitrogen and oxygen atoms in total. The normalized spacial score (nSPS) is 11.9. The second-order valence-electron chi connectivity index (χ2n) is 2.56. The minimum absolute atomic E-state index is 0.807. The van der Waals surface area contributed by atoms with Crippen LogP contribution in [0.2, 0.25) is 0 Å². The summed E-state index contributed by atoms with van der Waals surface area (Å²) in [6, 6.07) is 9.36. The lowest BCUT2D eigenvalue weighted by Gasteiger charge is -2.10. The van der Waals surface area contributed by atoms with Gasteiger partial charge in [0.05, 0.1) is 0 Å². The van der Waals surface area contributed by atoms with Crippen molar-refractivity contribution >= 4 is 55.7 Å². The molecule has 1 aromatic carbocycles. The Labute approximate surface area is 99.0 Å². The summed E-state index contributed by atoms with van der Waals surface area (Å²) in [7, 11) is -1.14. The summed E-state index contributed by atoms with van der Waals surface area (Å²) in [5.74, 6) is -0.807. The second-order valence-corrected chi connectivity index (χ2v) is 6.23. The van der Waals surface area contributed by atoms with Crippen LogP contribution >= 0.6 is 34.8 Å². The van der Waals surface area contributed by atoms with Gasteiger partial charge in [0.25, 0.3) is 13.6 Å². The van der Waals surface area contributed by atoms with Crippen molar-refractivity contribution in [1.29, 1.82) is 0 Å². The Bertz CT molecular complexity index is 310. The fraction of sp³-hybridized carbons (Fsp3) is 0.125. The lowest BCUT2D eigenvalue weighted by Crippen LogP contribution is -2.28. The van der Waals surface area contributed by atoms with Crippen LogP contribution in [0, 0.1) is 0 Å². The van der Waals surface area contributed by atoms with Gasteiger partial charge >= 0.3 is 5.97 Å². The molecule has 0 fully saturated rings. The summed E-state index contributed by atoms with van der Waals surface area (Å²) in [6.45, 7) is 0. The van der Waals surface area contributed by atoms with Crippen molar-refractivity contribution in [2.24, 2.45) is 0 Å². The molecule has 0 aliphatic carbocycles. The molecule has 0 unspecified atom stereocenters. The molecular formula is C8H7Cl3O2Si. The summed E-state index contributed by atoms with van der Waals surface area (Å²) < 4.78 is 2.93. The fourth-order valence-electron chi connectivity index (χ4n) is 0.805. The molecule has 14 heavy (non-hydrogen) atoms. The average molecular weight is 270 g/mol. The molecule has 1 rings (SSSR count). The van der Waals surface area contributed by atoms with Crippen molar-refractivity contribution in [2.75, 3.05) is 0 Å². The van der Waals surface area contributed by atoms with E-state index in [2.05, 4.69) is 0 Å². The van der Waals surface area contributed by atoms with Crippen molar-refractivity contribution in [3.8, 4) is 0 Å². The van der Waals surface area contributed by atoms with E-state index in [0.717, 1.165) is 5.19 Å². The van der Waals surface area contributed by atoms with Gasteiger partial charge in [-0.25, -0.2) is 4.79 Å². The number of carbonyl (C=O) groups is 1. The zero-order chi connectivity index (χ0) is 10.6. The molecule has 76 valence electrons. The maximum Gasteiger partial charge on any atom is 0.345 e. The molecule has 0 radical (unpaired) electrons. The van der Waals surface area contributed by atoms with Gasteiger partial charge in [0.15, 0.2) is 0 Å². The maximum atomic E-state index is 11.1. The van der Waals surface area contributed by atoms with Crippen molar-refractivity contribution in [1.82, 2.24) is 0 Å². The number of halogens is 3. The van der Waals surface area contributed by atoms with Crippen LogP contribution in [0.25, 0.3) is 0 Å². The molecule has 1 aromatic rings. The van der Waals surface area contributed by atoms with E-state index >= 15 is 0 Å². The standard InChI is InChI=1S/C8H7Cl3O2Si/c9-8(10,11)7(12)13-14-6-4-2-1-3-5-6/h1-5H,14H2. The number of hydrogen-bond donors (Lipinski definition) is 0. The van der Waals surface area contributed by atoms with Crippen LogP contribution in [0.1, 0.15) is 0 Å². The summed E-state index contributed by atoms with van der Waals surface area (Å²) in [6.07, 6.45) is 0. The molecule has 0 aromatic heterocycles. The Morgan fingerprint density at radius 3 is 2.29 bits per heavy atom. The van der Waals surface area contributed by atoms with Gasteiger partial charge in [-0.2, -0.15) is 0 Å². The first kappa shape index (κ1) is 11.8. The average Bonchev–Trinajstić information content (AvgIpc) is 2.14. The molecule has 0 N–H and O–H groups in total. The largest absolute Gasteiger partial charge is 0.517 e. The topological polar surface area (TPSA) is 26.3 Å². The Hall–Kier alpha value is -0.223. The third-order valence-electron chi connectivity index (χ3n) is 1.44. The van der Waals surface area contributed by atoms with E-state index in [1.54, 1.807) is 0 Å². The predicted molar refractivity (Wildman–Crippen MR) is 61.0 cm³/mol. The summed E-state index contributed by atoms with van der Waals surface area (Å²) in [4.78, 5) is 11.1. The van der Waals surface area contributed by atoms with E-state index in [1.165, 1.54) is 0 Å². The summed E-state index contributed by atoms with van der Waals surface area (Å²) >= 11 is 16.0. The molecule has 0 spiro atoms. The Kier molecular flexibility index (Phi) is 4.25. The number of alkyl halides is 3. The minimum atomic E-state index is -1.97. The van der Waals surface area contributed by atoms with E-state index in [1.807, 2.05) is 30.3 Å². The lowest BCUT2D eigenvalue weighted by molar-refractivity contribution is -0.133. The molecular weight excluding hydrogens is 263 g/mol. The zero-order valence-corrected chi connectivity index (χ0v) is 10.7. The van der Waals surface area contributed by atoms with Gasteiger partial charge in [-0.15, -0.1) is 0 Å². The van der Waals surface area contributed by atoms with Crippen molar-refractivity contribution < 1.29 is 9.22 Å². The van der Waals surface area contributed by atoms with Crippen LogP contribution in [0.3, 0.4) is 0 Å². The van der Waals surface area contributed by atoms with Crippen LogP contribution in [0.4, 0.5) is 0 Å². The monoisotopic (exact) mass is 268 g/mol. The molecule has 0 aliphatic heterocycles. The summed E-state index contributed by atoms with van der Waals surface area (Å²) in [5.41, 5.74) is 0. The smallest absolute Gasteiger partial charge is 0.345 e. The van der Waals surface area contributed by atoms with Crippen molar-refractivity contribution in [2.45, 2.75) is 3.79 Å². The number of rotatable bonds is 2. The van der Waals surface area contributed by atoms with Gasteiger partial charge < -0.3 is 4.43 Å². The quantitative estimate of drug-likeness (QED) is 0.598. The first-order chi connectivity index (χ1) is 6.50.